The van der Waals surface area contributed by atoms with Crippen LogP contribution in [-0.4, -0.2) is 46.9 Å². The number of nitrogens with one attached hydrogen (secondary N) is 2. The van der Waals surface area contributed by atoms with Gasteiger partial charge in [-0.3, -0.25) is 18.8 Å². The van der Waals surface area contributed by atoms with E-state index in [9.17, 15) is 21.6 Å². The van der Waals surface area contributed by atoms with E-state index in [0.29, 0.717) is 36.3 Å². The van der Waals surface area contributed by atoms with E-state index in [1.807, 2.05) is 6.92 Å². The maximum atomic E-state index is 13.0. The Balaban J connectivity index is 1.54. The number of anilines is 2. The molecule has 2 aromatic carbocycles. The monoisotopic (exact) mass is 490 g/mol. The van der Waals surface area contributed by atoms with Gasteiger partial charge < -0.3 is 5.32 Å². The number of fused-ring (bicyclic) bond motifs is 1. The van der Waals surface area contributed by atoms with Gasteiger partial charge in [0.2, 0.25) is 15.9 Å². The number of rotatable bonds is 7. The molecule has 1 saturated heterocycles. The molecule has 0 radical (unpaired) electrons. The zero-order chi connectivity index (χ0) is 23.6. The number of hydrogen-bond acceptors (Lipinski definition) is 6. The standard InChI is InChI=1S/C22H26N4O5S2/c1-2-3-8-19(24-21-18-7-4-5-9-20(18)33(30,31)25-21)22(27)23-16-10-12-17(13-11-16)26-14-6-15-32(26,28)29/h4-5,7,9-13,19H,2-3,6,8,14-15H2,1H3,(H,23,27)(H,24,25)/t19-/m0/s1. The third-order valence-corrected chi connectivity index (χ3v) is 8.87. The molecule has 2 aromatic rings. The third kappa shape index (κ3) is 4.88. The molecule has 2 N–H and O–H groups in total. The van der Waals surface area contributed by atoms with Gasteiger partial charge in [-0.1, -0.05) is 31.9 Å². The van der Waals surface area contributed by atoms with Crippen LogP contribution in [-0.2, 0) is 24.8 Å². The first-order valence-electron chi connectivity index (χ1n) is 10.8. The molecule has 0 unspecified atom stereocenters. The van der Waals surface area contributed by atoms with Crippen molar-refractivity contribution in [2.45, 2.75) is 43.5 Å². The molecule has 2 aliphatic heterocycles. The Morgan fingerprint density at radius 2 is 1.85 bits per heavy atom. The molecule has 1 fully saturated rings. The molecular formula is C22H26N4O5S2. The van der Waals surface area contributed by atoms with Crippen LogP contribution < -0.4 is 14.3 Å². The number of hydrogen-bond donors (Lipinski definition) is 2. The van der Waals surface area contributed by atoms with E-state index in [2.05, 4.69) is 15.0 Å². The molecule has 1 atom stereocenters. The third-order valence-electron chi connectivity index (χ3n) is 5.60. The molecule has 0 aromatic heterocycles. The van der Waals surface area contributed by atoms with Gasteiger partial charge in [-0.2, -0.15) is 0 Å². The molecule has 33 heavy (non-hydrogen) atoms. The second-order valence-electron chi connectivity index (χ2n) is 8.02. The van der Waals surface area contributed by atoms with E-state index in [1.54, 1.807) is 42.5 Å². The zero-order valence-corrected chi connectivity index (χ0v) is 19.8. The summed E-state index contributed by atoms with van der Waals surface area (Å²) in [4.78, 5) is 17.6. The summed E-state index contributed by atoms with van der Waals surface area (Å²) in [6.45, 7) is 2.45. The molecule has 0 saturated carbocycles. The van der Waals surface area contributed by atoms with Gasteiger partial charge in [0.15, 0.2) is 0 Å². The van der Waals surface area contributed by atoms with Crippen molar-refractivity contribution >= 4 is 43.2 Å². The van der Waals surface area contributed by atoms with Gasteiger partial charge in [0.05, 0.1) is 16.3 Å². The number of carbonyl (C=O) groups excluding carboxylic acids is 1. The van der Waals surface area contributed by atoms with E-state index in [-0.39, 0.29) is 22.4 Å². The van der Waals surface area contributed by atoms with Gasteiger partial charge in [-0.15, -0.1) is 0 Å². The Bertz CT molecular complexity index is 1290. The van der Waals surface area contributed by atoms with Crippen molar-refractivity contribution < 1.29 is 21.6 Å². The lowest BCUT2D eigenvalue weighted by Crippen LogP contribution is -2.31. The quantitative estimate of drug-likeness (QED) is 0.617. The minimum Gasteiger partial charge on any atom is -0.324 e. The topological polar surface area (TPSA) is 125 Å². The first-order chi connectivity index (χ1) is 15.7. The normalized spacial score (nSPS) is 20.3. The minimum absolute atomic E-state index is 0.137. The predicted octanol–water partition coefficient (Wildman–Crippen LogP) is 2.46. The SMILES string of the molecule is CCCC[C@H](N=C1NS(=O)(=O)c2ccccc21)C(=O)Nc1ccc(N2CCCS2(=O)=O)cc1. The summed E-state index contributed by atoms with van der Waals surface area (Å²) < 4.78 is 52.8. The molecule has 176 valence electrons. The smallest absolute Gasteiger partial charge is 0.263 e. The Morgan fingerprint density at radius 1 is 1.12 bits per heavy atom. The van der Waals surface area contributed by atoms with Crippen LogP contribution in [0.15, 0.2) is 58.4 Å². The van der Waals surface area contributed by atoms with Crippen molar-refractivity contribution in [3.8, 4) is 0 Å². The van der Waals surface area contributed by atoms with E-state index >= 15 is 0 Å². The lowest BCUT2D eigenvalue weighted by atomic mass is 10.1. The first kappa shape index (κ1) is 23.2. The van der Waals surface area contributed by atoms with Crippen molar-refractivity contribution in [2.24, 2.45) is 4.99 Å². The van der Waals surface area contributed by atoms with Crippen molar-refractivity contribution in [3.05, 3.63) is 54.1 Å². The van der Waals surface area contributed by atoms with E-state index in [4.69, 9.17) is 0 Å². The number of amidine groups is 1. The molecule has 1 amide bonds. The highest BCUT2D eigenvalue weighted by Gasteiger charge is 2.32. The number of carbonyl (C=O) groups is 1. The lowest BCUT2D eigenvalue weighted by molar-refractivity contribution is -0.117. The summed E-state index contributed by atoms with van der Waals surface area (Å²) >= 11 is 0. The van der Waals surface area contributed by atoms with E-state index < -0.39 is 26.1 Å². The second kappa shape index (κ2) is 9.14. The Labute approximate surface area is 194 Å². The minimum atomic E-state index is -3.69. The predicted molar refractivity (Wildman–Crippen MR) is 127 cm³/mol. The second-order valence-corrected chi connectivity index (χ2v) is 11.7. The van der Waals surface area contributed by atoms with Crippen molar-refractivity contribution in [2.75, 3.05) is 21.9 Å². The van der Waals surface area contributed by atoms with Crippen LogP contribution in [0.3, 0.4) is 0 Å². The number of nitrogens with zero attached hydrogens (tertiary/aromatic N) is 2. The number of benzene rings is 2. The fraction of sp³-hybridized carbons (Fsp3) is 0.364. The molecule has 2 heterocycles. The number of amides is 1. The average molecular weight is 491 g/mol. The van der Waals surface area contributed by atoms with Crippen LogP contribution in [0.1, 0.15) is 38.2 Å². The van der Waals surface area contributed by atoms with E-state index in [1.165, 1.54) is 10.4 Å². The molecule has 9 nitrogen and oxygen atoms in total. The van der Waals surface area contributed by atoms with Crippen molar-refractivity contribution in [1.29, 1.82) is 0 Å². The van der Waals surface area contributed by atoms with E-state index in [0.717, 1.165) is 12.8 Å². The van der Waals surface area contributed by atoms with Crippen LogP contribution in [0.2, 0.25) is 0 Å². The number of aliphatic imine (C=N–C) groups is 1. The Hall–Kier alpha value is -2.92. The van der Waals surface area contributed by atoms with Gasteiger partial charge in [-0.25, -0.2) is 16.8 Å². The summed E-state index contributed by atoms with van der Waals surface area (Å²) in [5, 5.41) is 2.82. The maximum Gasteiger partial charge on any atom is 0.263 e. The summed E-state index contributed by atoms with van der Waals surface area (Å²) in [5.41, 5.74) is 1.52. The molecule has 0 aliphatic carbocycles. The molecule has 2 aliphatic rings. The Kier molecular flexibility index (Phi) is 6.44. The molecular weight excluding hydrogens is 464 g/mol. The van der Waals surface area contributed by atoms with Crippen LogP contribution in [0, 0.1) is 0 Å². The largest absolute Gasteiger partial charge is 0.324 e. The summed E-state index contributed by atoms with van der Waals surface area (Å²) in [5.74, 6) is -0.0600. The highest BCUT2D eigenvalue weighted by molar-refractivity contribution is 7.93. The fourth-order valence-electron chi connectivity index (χ4n) is 3.90. The zero-order valence-electron chi connectivity index (χ0n) is 18.2. The summed E-state index contributed by atoms with van der Waals surface area (Å²) in [7, 11) is -6.97. The maximum absolute atomic E-state index is 13.0. The van der Waals surface area contributed by atoms with Crippen molar-refractivity contribution in [1.82, 2.24) is 4.72 Å². The van der Waals surface area contributed by atoms with Crippen LogP contribution in [0.4, 0.5) is 11.4 Å². The van der Waals surface area contributed by atoms with Gasteiger partial charge in [0.1, 0.15) is 11.9 Å². The van der Waals surface area contributed by atoms with Crippen LogP contribution in [0.25, 0.3) is 0 Å². The summed E-state index contributed by atoms with van der Waals surface area (Å²) in [6.07, 6.45) is 2.65. The molecule has 0 bridgehead atoms. The van der Waals surface area contributed by atoms with Gasteiger partial charge >= 0.3 is 0 Å². The highest BCUT2D eigenvalue weighted by atomic mass is 32.2. The molecule has 0 spiro atoms. The number of sulfonamides is 2. The molecule has 4 rings (SSSR count). The number of unbranched alkanes of at least 4 members (excludes halogenated alkanes) is 1. The Morgan fingerprint density at radius 3 is 2.52 bits per heavy atom. The first-order valence-corrected chi connectivity index (χ1v) is 13.9. The van der Waals surface area contributed by atoms with Gasteiger partial charge in [-0.05, 0) is 49.2 Å². The van der Waals surface area contributed by atoms with Gasteiger partial charge in [0.25, 0.3) is 10.0 Å². The fourth-order valence-corrected chi connectivity index (χ4v) is 6.71. The van der Waals surface area contributed by atoms with Crippen LogP contribution >= 0.6 is 0 Å². The summed E-state index contributed by atoms with van der Waals surface area (Å²) in [6, 6.07) is 12.4. The highest BCUT2D eigenvalue weighted by Crippen LogP contribution is 2.26. The average Bonchev–Trinajstić information content (AvgIpc) is 3.27. The van der Waals surface area contributed by atoms with Crippen LogP contribution in [0.5, 0.6) is 0 Å². The lowest BCUT2D eigenvalue weighted by Gasteiger charge is -2.18. The van der Waals surface area contributed by atoms with Gasteiger partial charge in [0, 0.05) is 17.8 Å². The van der Waals surface area contributed by atoms with Crippen molar-refractivity contribution in [3.63, 3.8) is 0 Å². The molecule has 11 heteroatoms.